The quantitative estimate of drug-likeness (QED) is 0.0701. The highest BCUT2D eigenvalue weighted by Crippen LogP contribution is 2.59. The molecule has 322 valence electrons. The number of fused-ring (bicyclic) bond motifs is 6. The Bertz CT molecular complexity index is 1560. The molecule has 0 aromatic heterocycles. The van der Waals surface area contributed by atoms with Gasteiger partial charge in [-0.1, -0.05) is 91.2 Å². The molecule has 0 spiro atoms. The molecule has 0 unspecified atom stereocenters. The van der Waals surface area contributed by atoms with Crippen LogP contribution in [0.1, 0.15) is 166 Å². The molecule has 8 heteroatoms. The molecule has 0 aliphatic heterocycles. The Kier molecular flexibility index (Phi) is 15.3. The van der Waals surface area contributed by atoms with E-state index in [2.05, 4.69) is 61.1 Å². The van der Waals surface area contributed by atoms with Crippen LogP contribution in [0.5, 0.6) is 11.5 Å². The van der Waals surface area contributed by atoms with Gasteiger partial charge in [-0.2, -0.15) is 0 Å². The maximum absolute atomic E-state index is 13.6. The van der Waals surface area contributed by atoms with Gasteiger partial charge in [0, 0.05) is 13.1 Å². The van der Waals surface area contributed by atoms with Gasteiger partial charge in [-0.25, -0.2) is 0 Å². The molecule has 58 heavy (non-hydrogen) atoms. The number of carbonyl (C=O) groups is 2. The third-order valence-electron chi connectivity index (χ3n) is 15.8. The number of aromatic hydroxyl groups is 2. The lowest BCUT2D eigenvalue weighted by Gasteiger charge is -2.54. The SMILES string of the molecule is C[C@]1(C(=O)NCCCNCCCCCCCCCCNCCCNC(=O)[C@@]2(C)CCC[C@]3(C)c4cc(O)ccc4CC[C@@H]23)CCC[C@]2(C)c3cc(O)ccc3CC[C@@H]12. The summed E-state index contributed by atoms with van der Waals surface area (Å²) in [5, 5.41) is 34.3. The van der Waals surface area contributed by atoms with Gasteiger partial charge >= 0.3 is 0 Å². The van der Waals surface area contributed by atoms with Crippen molar-refractivity contribution in [2.75, 3.05) is 39.3 Å². The maximum atomic E-state index is 13.6. The van der Waals surface area contributed by atoms with Crippen LogP contribution in [0.3, 0.4) is 0 Å². The summed E-state index contributed by atoms with van der Waals surface area (Å²) < 4.78 is 0. The number of nitrogens with one attached hydrogen (secondary N) is 4. The van der Waals surface area contributed by atoms with E-state index in [1.807, 2.05) is 12.1 Å². The third-order valence-corrected chi connectivity index (χ3v) is 15.8. The van der Waals surface area contributed by atoms with Crippen molar-refractivity contribution < 1.29 is 19.8 Å². The second kappa shape index (κ2) is 20.0. The number of carbonyl (C=O) groups excluding carboxylic acids is 2. The van der Waals surface area contributed by atoms with E-state index >= 15 is 0 Å². The van der Waals surface area contributed by atoms with E-state index in [1.165, 1.54) is 73.6 Å². The van der Waals surface area contributed by atoms with Crippen molar-refractivity contribution in [1.29, 1.82) is 0 Å². The van der Waals surface area contributed by atoms with Gasteiger partial charge in [-0.05, 0) is 172 Å². The van der Waals surface area contributed by atoms with E-state index in [0.29, 0.717) is 23.3 Å². The van der Waals surface area contributed by atoms with Gasteiger partial charge in [-0.15, -0.1) is 0 Å². The Morgan fingerprint density at radius 2 is 0.914 bits per heavy atom. The summed E-state index contributed by atoms with van der Waals surface area (Å²) in [6, 6.07) is 11.7. The lowest BCUT2D eigenvalue weighted by Crippen LogP contribution is -2.55. The Labute approximate surface area is 350 Å². The first-order valence-corrected chi connectivity index (χ1v) is 23.5. The molecule has 2 fully saturated rings. The standard InChI is InChI=1S/C50H78N4O4/c1-47-25-13-27-49(3,43(47)23-19-37-17-21-39(55)35-41(37)47)45(57)53-33-15-31-51-29-11-9-7-5-6-8-10-12-30-52-32-16-34-54-46(58)50(4)28-14-26-48(2)42-36-40(56)22-18-38(42)20-24-44(48)50/h17-18,21-22,35-36,43-44,51-52,55-56H,5-16,19-20,23-34H2,1-4H3,(H,53,57)(H,54,58)/t43-,44-,47-,48-,49+,50+/m1/s1. The number of phenolic OH excluding ortho intramolecular Hbond substituents is 2. The van der Waals surface area contributed by atoms with Crippen LogP contribution in [0, 0.1) is 22.7 Å². The van der Waals surface area contributed by atoms with Crippen LogP contribution in [-0.4, -0.2) is 61.3 Å². The highest BCUT2D eigenvalue weighted by molar-refractivity contribution is 5.83. The van der Waals surface area contributed by atoms with E-state index in [1.54, 1.807) is 12.1 Å². The van der Waals surface area contributed by atoms with Crippen LogP contribution in [0.4, 0.5) is 0 Å². The minimum Gasteiger partial charge on any atom is -0.508 e. The number of phenols is 2. The predicted molar refractivity (Wildman–Crippen MR) is 236 cm³/mol. The summed E-state index contributed by atoms with van der Waals surface area (Å²) in [4.78, 5) is 27.2. The van der Waals surface area contributed by atoms with E-state index in [9.17, 15) is 19.8 Å². The van der Waals surface area contributed by atoms with Gasteiger partial charge in [0.15, 0.2) is 0 Å². The Hall–Kier alpha value is -3.10. The number of amides is 2. The summed E-state index contributed by atoms with van der Waals surface area (Å²) in [5.41, 5.74) is 4.35. The van der Waals surface area contributed by atoms with Crippen LogP contribution in [-0.2, 0) is 33.3 Å². The van der Waals surface area contributed by atoms with E-state index in [4.69, 9.17) is 0 Å². The van der Waals surface area contributed by atoms with Gasteiger partial charge in [0.1, 0.15) is 11.5 Å². The van der Waals surface area contributed by atoms with Crippen molar-refractivity contribution in [3.05, 3.63) is 58.7 Å². The summed E-state index contributed by atoms with van der Waals surface area (Å²) in [6.07, 6.45) is 22.3. The monoisotopic (exact) mass is 799 g/mol. The fourth-order valence-electron chi connectivity index (χ4n) is 12.5. The minimum atomic E-state index is -0.364. The number of unbranched alkanes of at least 4 members (excludes halogenated alkanes) is 7. The average Bonchev–Trinajstić information content (AvgIpc) is 3.20. The molecular weight excluding hydrogens is 721 g/mol. The van der Waals surface area contributed by atoms with Gasteiger partial charge in [0.2, 0.25) is 11.8 Å². The molecule has 2 aromatic carbocycles. The van der Waals surface area contributed by atoms with Crippen LogP contribution in [0.25, 0.3) is 0 Å². The van der Waals surface area contributed by atoms with Crippen molar-refractivity contribution in [3.8, 4) is 11.5 Å². The lowest BCUT2D eigenvalue weighted by atomic mass is 9.49. The zero-order valence-corrected chi connectivity index (χ0v) is 36.7. The van der Waals surface area contributed by atoms with E-state index in [-0.39, 0.29) is 33.5 Å². The Morgan fingerprint density at radius 1 is 0.534 bits per heavy atom. The van der Waals surface area contributed by atoms with Gasteiger partial charge in [0.25, 0.3) is 0 Å². The number of rotatable bonds is 21. The zero-order chi connectivity index (χ0) is 41.2. The van der Waals surface area contributed by atoms with Crippen LogP contribution >= 0.6 is 0 Å². The molecule has 2 aromatic rings. The Morgan fingerprint density at radius 3 is 1.33 bits per heavy atom. The molecule has 4 aliphatic rings. The Balaban J connectivity index is 0.728. The normalized spacial score (nSPS) is 28.8. The lowest BCUT2D eigenvalue weighted by molar-refractivity contribution is -0.139. The highest BCUT2D eigenvalue weighted by Gasteiger charge is 2.56. The molecule has 4 aliphatic carbocycles. The summed E-state index contributed by atoms with van der Waals surface area (Å²) >= 11 is 0. The first kappa shape index (κ1) is 44.5. The fraction of sp³-hybridized carbons (Fsp3) is 0.720. The molecule has 0 saturated heterocycles. The number of hydrogen-bond acceptors (Lipinski definition) is 6. The molecule has 2 amide bonds. The first-order valence-electron chi connectivity index (χ1n) is 23.5. The molecule has 6 N–H and O–H groups in total. The highest BCUT2D eigenvalue weighted by atomic mass is 16.3. The van der Waals surface area contributed by atoms with E-state index < -0.39 is 0 Å². The molecule has 0 bridgehead atoms. The number of hydrogen-bond donors (Lipinski definition) is 6. The van der Waals surface area contributed by atoms with Crippen molar-refractivity contribution in [2.45, 2.75) is 167 Å². The van der Waals surface area contributed by atoms with Gasteiger partial charge < -0.3 is 31.5 Å². The largest absolute Gasteiger partial charge is 0.508 e. The zero-order valence-electron chi connectivity index (χ0n) is 36.7. The number of benzene rings is 2. The van der Waals surface area contributed by atoms with Crippen molar-refractivity contribution in [2.24, 2.45) is 22.7 Å². The predicted octanol–water partition coefficient (Wildman–Crippen LogP) is 9.13. The van der Waals surface area contributed by atoms with Gasteiger partial charge in [0.05, 0.1) is 10.8 Å². The fourth-order valence-corrected chi connectivity index (χ4v) is 12.5. The topological polar surface area (TPSA) is 123 Å². The smallest absolute Gasteiger partial charge is 0.226 e. The van der Waals surface area contributed by atoms with Crippen molar-refractivity contribution in [1.82, 2.24) is 21.3 Å². The van der Waals surface area contributed by atoms with Gasteiger partial charge in [-0.3, -0.25) is 9.59 Å². The molecular formula is C50H78N4O4. The van der Waals surface area contributed by atoms with Crippen LogP contribution in [0.15, 0.2) is 36.4 Å². The minimum absolute atomic E-state index is 0.0601. The second-order valence-corrected chi connectivity index (χ2v) is 19.8. The summed E-state index contributed by atoms with van der Waals surface area (Å²) in [5.74, 6) is 1.69. The van der Waals surface area contributed by atoms with Crippen LogP contribution < -0.4 is 21.3 Å². The van der Waals surface area contributed by atoms with Crippen LogP contribution in [0.2, 0.25) is 0 Å². The second-order valence-electron chi connectivity index (χ2n) is 19.8. The third kappa shape index (κ3) is 9.91. The molecule has 6 rings (SSSR count). The first-order chi connectivity index (χ1) is 27.9. The molecule has 2 saturated carbocycles. The van der Waals surface area contributed by atoms with E-state index in [0.717, 1.165) is 116 Å². The molecule has 6 atom stereocenters. The number of aryl methyl sites for hydroxylation is 2. The van der Waals surface area contributed by atoms with Crippen molar-refractivity contribution in [3.63, 3.8) is 0 Å². The van der Waals surface area contributed by atoms with Crippen molar-refractivity contribution >= 4 is 11.8 Å². The molecule has 0 heterocycles. The summed E-state index contributed by atoms with van der Waals surface area (Å²) in [7, 11) is 0. The molecule has 8 nitrogen and oxygen atoms in total. The maximum Gasteiger partial charge on any atom is 0.226 e. The molecule has 0 radical (unpaired) electrons. The summed E-state index contributed by atoms with van der Waals surface area (Å²) in [6.45, 7) is 14.5. The average molecular weight is 799 g/mol.